The highest BCUT2D eigenvalue weighted by Crippen LogP contribution is 2.47. The fourth-order valence-electron chi connectivity index (χ4n) is 5.68. The first-order valence-electron chi connectivity index (χ1n) is 13.2. The molecule has 2 aromatic rings. The van der Waals surface area contributed by atoms with Gasteiger partial charge in [0.25, 0.3) is 5.91 Å². The van der Waals surface area contributed by atoms with Crippen molar-refractivity contribution in [2.24, 2.45) is 5.92 Å². The van der Waals surface area contributed by atoms with Gasteiger partial charge in [-0.2, -0.15) is 0 Å². The summed E-state index contributed by atoms with van der Waals surface area (Å²) in [7, 11) is 0. The number of nitrogens with one attached hydrogen (secondary N) is 2. The van der Waals surface area contributed by atoms with Crippen molar-refractivity contribution in [3.63, 3.8) is 0 Å². The van der Waals surface area contributed by atoms with Crippen LogP contribution in [0.2, 0.25) is 5.02 Å². The number of benzene rings is 1. The lowest BCUT2D eigenvalue weighted by atomic mass is 9.74. The second-order valence-electron chi connectivity index (χ2n) is 10.3. The summed E-state index contributed by atoms with van der Waals surface area (Å²) in [6, 6.07) is 8.35. The molecule has 1 amide bonds. The molecule has 4 rings (SSSR count). The van der Waals surface area contributed by atoms with Crippen LogP contribution in [0.5, 0.6) is 0 Å². The molecule has 0 radical (unpaired) electrons. The zero-order valence-corrected chi connectivity index (χ0v) is 21.5. The van der Waals surface area contributed by atoms with E-state index in [4.69, 9.17) is 16.6 Å². The van der Waals surface area contributed by atoms with Crippen molar-refractivity contribution in [2.45, 2.75) is 95.9 Å². The average molecular weight is 483 g/mol. The summed E-state index contributed by atoms with van der Waals surface area (Å²) in [4.78, 5) is 23.0. The van der Waals surface area contributed by atoms with Gasteiger partial charge in [0.1, 0.15) is 0 Å². The number of anilines is 1. The third-order valence-corrected chi connectivity index (χ3v) is 8.14. The van der Waals surface area contributed by atoms with E-state index in [1.165, 1.54) is 37.7 Å². The van der Waals surface area contributed by atoms with Gasteiger partial charge in [0.2, 0.25) is 5.95 Å². The molecule has 6 heteroatoms. The molecule has 1 unspecified atom stereocenters. The summed E-state index contributed by atoms with van der Waals surface area (Å²) in [5, 5.41) is 7.33. The normalized spacial score (nSPS) is 19.0. The Morgan fingerprint density at radius 1 is 1.12 bits per heavy atom. The van der Waals surface area contributed by atoms with Crippen LogP contribution in [0.4, 0.5) is 5.95 Å². The van der Waals surface area contributed by atoms with Gasteiger partial charge in [-0.05, 0) is 56.2 Å². The number of hydrogen-bond donors (Lipinski definition) is 2. The molecule has 2 fully saturated rings. The van der Waals surface area contributed by atoms with E-state index < -0.39 is 0 Å². The van der Waals surface area contributed by atoms with E-state index in [0.29, 0.717) is 18.1 Å². The maximum Gasteiger partial charge on any atom is 0.254 e. The fourth-order valence-corrected chi connectivity index (χ4v) is 5.80. The zero-order chi connectivity index (χ0) is 24.0. The second kappa shape index (κ2) is 11.5. The fraction of sp³-hybridized carbons (Fsp3) is 0.607. The van der Waals surface area contributed by atoms with E-state index in [-0.39, 0.29) is 17.4 Å². The van der Waals surface area contributed by atoms with Crippen LogP contribution < -0.4 is 10.6 Å². The Hall–Kier alpha value is -2.14. The molecule has 5 nitrogen and oxygen atoms in total. The molecule has 1 atom stereocenters. The van der Waals surface area contributed by atoms with Crippen molar-refractivity contribution in [3.8, 4) is 0 Å². The predicted molar refractivity (Wildman–Crippen MR) is 140 cm³/mol. The van der Waals surface area contributed by atoms with Crippen LogP contribution in [-0.4, -0.2) is 28.5 Å². The van der Waals surface area contributed by atoms with Gasteiger partial charge in [-0.15, -0.1) is 0 Å². The number of carbonyl (C=O) groups excluding carboxylic acids is 1. The third-order valence-electron chi connectivity index (χ3n) is 7.89. The van der Waals surface area contributed by atoms with Crippen LogP contribution >= 0.6 is 11.6 Å². The third kappa shape index (κ3) is 5.73. The van der Waals surface area contributed by atoms with Gasteiger partial charge in [0.05, 0.1) is 11.3 Å². The maximum atomic E-state index is 13.4. The van der Waals surface area contributed by atoms with Gasteiger partial charge < -0.3 is 10.6 Å². The summed E-state index contributed by atoms with van der Waals surface area (Å²) in [6.45, 7) is 4.97. The Morgan fingerprint density at radius 3 is 2.50 bits per heavy atom. The summed E-state index contributed by atoms with van der Waals surface area (Å²) < 4.78 is 0. The van der Waals surface area contributed by atoms with Gasteiger partial charge in [-0.25, -0.2) is 9.97 Å². The summed E-state index contributed by atoms with van der Waals surface area (Å²) in [5.41, 5.74) is 2.34. The largest absolute Gasteiger partial charge is 0.352 e. The first-order valence-corrected chi connectivity index (χ1v) is 13.6. The molecule has 2 N–H and O–H groups in total. The van der Waals surface area contributed by atoms with Gasteiger partial charge in [0, 0.05) is 29.2 Å². The molecular weight excluding hydrogens is 444 g/mol. The first kappa shape index (κ1) is 25.0. The average Bonchev–Trinajstić information content (AvgIpc) is 3.36. The Morgan fingerprint density at radius 2 is 1.82 bits per heavy atom. The second-order valence-corrected chi connectivity index (χ2v) is 10.7. The Bertz CT molecular complexity index is 949. The Labute approximate surface area is 209 Å². The summed E-state index contributed by atoms with van der Waals surface area (Å²) in [5.74, 6) is 1.28. The van der Waals surface area contributed by atoms with Gasteiger partial charge in [-0.1, -0.05) is 75.6 Å². The van der Waals surface area contributed by atoms with Crippen molar-refractivity contribution in [1.29, 1.82) is 0 Å². The van der Waals surface area contributed by atoms with Crippen LogP contribution in [0.25, 0.3) is 0 Å². The minimum atomic E-state index is -0.296. The van der Waals surface area contributed by atoms with E-state index in [9.17, 15) is 4.79 Å². The van der Waals surface area contributed by atoms with Crippen LogP contribution in [0.3, 0.4) is 0 Å². The number of nitrogens with zero attached hydrogens (tertiary/aromatic N) is 2. The highest BCUT2D eigenvalue weighted by molar-refractivity contribution is 6.30. The van der Waals surface area contributed by atoms with Gasteiger partial charge in [-0.3, -0.25) is 4.79 Å². The van der Waals surface area contributed by atoms with Crippen molar-refractivity contribution < 1.29 is 4.79 Å². The van der Waals surface area contributed by atoms with Crippen molar-refractivity contribution in [3.05, 3.63) is 52.3 Å². The van der Waals surface area contributed by atoms with E-state index in [0.717, 1.165) is 55.2 Å². The lowest BCUT2D eigenvalue weighted by Gasteiger charge is -2.31. The monoisotopic (exact) mass is 482 g/mol. The number of carbonyl (C=O) groups is 1. The summed E-state index contributed by atoms with van der Waals surface area (Å²) >= 11 is 6.21. The van der Waals surface area contributed by atoms with Crippen molar-refractivity contribution in [2.75, 3.05) is 11.9 Å². The molecule has 0 saturated heterocycles. The van der Waals surface area contributed by atoms with Crippen molar-refractivity contribution in [1.82, 2.24) is 15.3 Å². The van der Waals surface area contributed by atoms with Crippen LogP contribution in [0.1, 0.15) is 106 Å². The smallest absolute Gasteiger partial charge is 0.254 e. The molecule has 1 aromatic carbocycles. The molecule has 184 valence electrons. The molecular formula is C28H39ClN4O. The number of amides is 1. The number of hydrogen-bond acceptors (Lipinski definition) is 4. The topological polar surface area (TPSA) is 66.9 Å². The minimum Gasteiger partial charge on any atom is -0.352 e. The molecule has 1 aromatic heterocycles. The van der Waals surface area contributed by atoms with Gasteiger partial charge >= 0.3 is 0 Å². The maximum absolute atomic E-state index is 13.4. The number of aromatic nitrogens is 2. The molecule has 2 aliphatic carbocycles. The molecule has 0 bridgehead atoms. The number of rotatable bonds is 9. The standard InChI is InChI=1S/C28H39ClN4O/c1-3-20(2)32-27-31-19-24(26(34)30-18-15-21-9-5-4-6-10-21)25(33-27)28(16-7-8-17-28)22-11-13-23(29)14-12-22/h11-14,19-21H,3-10,15-18H2,1-2H3,(H,30,34)(H,31,32,33). The zero-order valence-electron chi connectivity index (χ0n) is 20.7. The Kier molecular flexibility index (Phi) is 8.46. The van der Waals surface area contributed by atoms with Crippen LogP contribution in [0.15, 0.2) is 30.5 Å². The minimum absolute atomic E-state index is 0.0545. The number of halogens is 1. The highest BCUT2D eigenvalue weighted by Gasteiger charge is 2.42. The SMILES string of the molecule is CCC(C)Nc1ncc(C(=O)NCCC2CCCCC2)c(C2(c3ccc(Cl)cc3)CCCC2)n1. The molecule has 0 aliphatic heterocycles. The predicted octanol–water partition coefficient (Wildman–Crippen LogP) is 6.90. The van der Waals surface area contributed by atoms with E-state index in [1.807, 2.05) is 12.1 Å². The molecule has 1 heterocycles. The molecule has 2 saturated carbocycles. The van der Waals surface area contributed by atoms with E-state index in [2.05, 4.69) is 41.6 Å². The molecule has 34 heavy (non-hydrogen) atoms. The first-order chi connectivity index (χ1) is 16.5. The molecule has 0 spiro atoms. The summed E-state index contributed by atoms with van der Waals surface area (Å²) in [6.07, 6.45) is 14.5. The lowest BCUT2D eigenvalue weighted by molar-refractivity contribution is 0.0947. The van der Waals surface area contributed by atoms with E-state index in [1.54, 1.807) is 6.20 Å². The van der Waals surface area contributed by atoms with E-state index >= 15 is 0 Å². The van der Waals surface area contributed by atoms with Crippen molar-refractivity contribution >= 4 is 23.5 Å². The Balaban J connectivity index is 1.64. The van der Waals surface area contributed by atoms with Crippen LogP contribution in [0, 0.1) is 5.92 Å². The highest BCUT2D eigenvalue weighted by atomic mass is 35.5. The quantitative estimate of drug-likeness (QED) is 0.407. The van der Waals surface area contributed by atoms with Crippen LogP contribution in [-0.2, 0) is 5.41 Å². The lowest BCUT2D eigenvalue weighted by Crippen LogP contribution is -2.33. The molecule has 2 aliphatic rings. The van der Waals surface area contributed by atoms with Gasteiger partial charge in [0.15, 0.2) is 0 Å².